The minimum atomic E-state index is 0.563. The summed E-state index contributed by atoms with van der Waals surface area (Å²) in [6.45, 7) is 11.5. The van der Waals surface area contributed by atoms with Crippen LogP contribution in [0.2, 0.25) is 0 Å². The Kier molecular flexibility index (Phi) is 4.84. The van der Waals surface area contributed by atoms with Crippen LogP contribution in [0.15, 0.2) is 45.1 Å². The average Bonchev–Trinajstić information content (AvgIpc) is 2.92. The third kappa shape index (κ3) is 2.75. The highest BCUT2D eigenvalue weighted by Crippen LogP contribution is 2.66. The van der Waals surface area contributed by atoms with E-state index in [-0.39, 0.29) is 0 Å². The van der Waals surface area contributed by atoms with E-state index < -0.39 is 0 Å². The zero-order valence-electron chi connectivity index (χ0n) is 16.2. The molecule has 25 heavy (non-hydrogen) atoms. The van der Waals surface area contributed by atoms with Crippen LogP contribution in [0.25, 0.3) is 0 Å². The molecule has 1 heteroatoms. The molecule has 4 aliphatic carbocycles. The monoisotopic (exact) mass is 448 g/mol. The first-order valence-corrected chi connectivity index (χ1v) is 11.5. The molecule has 4 rings (SSSR count). The standard InChI is InChI=1S/C24H33I/c1-5-24-13-12-20-19(22(24)11-10-21(24)17(4)25)9-8-18-7-6-15(2)14-16(3)23(18)20/h6-7,14,18-22H,4-5,8-13H2,1-3H3/t18-,19?,20?,21?,22?,24-/m1/s1. The number of fused-ring (bicyclic) bond motifs is 5. The predicted molar refractivity (Wildman–Crippen MR) is 117 cm³/mol. The van der Waals surface area contributed by atoms with Gasteiger partial charge in [0.05, 0.1) is 0 Å². The van der Waals surface area contributed by atoms with Crippen molar-refractivity contribution in [1.29, 1.82) is 0 Å². The van der Waals surface area contributed by atoms with Crippen molar-refractivity contribution >= 4 is 22.6 Å². The van der Waals surface area contributed by atoms with Crippen LogP contribution in [0.1, 0.15) is 65.7 Å². The van der Waals surface area contributed by atoms with E-state index in [1.165, 1.54) is 54.1 Å². The van der Waals surface area contributed by atoms with E-state index >= 15 is 0 Å². The van der Waals surface area contributed by atoms with Crippen LogP contribution in [0.3, 0.4) is 0 Å². The largest absolute Gasteiger partial charge is 0.0894 e. The molecule has 0 aromatic heterocycles. The van der Waals surface area contributed by atoms with E-state index in [0.29, 0.717) is 11.3 Å². The zero-order valence-corrected chi connectivity index (χ0v) is 18.3. The SMILES string of the molecule is C=C(I)C1CCC2C3CC[C@H]4C=CC(C)=CC(C)=C4C3CC[C@]12CC. The van der Waals surface area contributed by atoms with Crippen molar-refractivity contribution in [3.8, 4) is 0 Å². The summed E-state index contributed by atoms with van der Waals surface area (Å²) >= 11 is 2.53. The molecular formula is C24H33I. The van der Waals surface area contributed by atoms with Crippen LogP contribution >= 0.6 is 22.6 Å². The molecule has 0 nitrogen and oxygen atoms in total. The highest BCUT2D eigenvalue weighted by Gasteiger charge is 2.57. The summed E-state index contributed by atoms with van der Waals surface area (Å²) in [5.41, 5.74) is 5.38. The second-order valence-corrected chi connectivity index (χ2v) is 10.5. The van der Waals surface area contributed by atoms with Gasteiger partial charge in [-0.15, -0.1) is 0 Å². The molecule has 0 N–H and O–H groups in total. The molecule has 0 aromatic carbocycles. The van der Waals surface area contributed by atoms with E-state index in [1.54, 1.807) is 5.57 Å². The van der Waals surface area contributed by atoms with Crippen molar-refractivity contribution in [3.63, 3.8) is 0 Å². The number of hydrogen-bond donors (Lipinski definition) is 0. The van der Waals surface area contributed by atoms with Crippen molar-refractivity contribution in [2.24, 2.45) is 35.0 Å². The molecule has 0 radical (unpaired) electrons. The van der Waals surface area contributed by atoms with Gasteiger partial charge < -0.3 is 0 Å². The van der Waals surface area contributed by atoms with Gasteiger partial charge in [0.15, 0.2) is 0 Å². The van der Waals surface area contributed by atoms with Crippen LogP contribution in [0.5, 0.6) is 0 Å². The number of allylic oxidation sites excluding steroid dienone is 7. The Morgan fingerprint density at radius 1 is 1.20 bits per heavy atom. The van der Waals surface area contributed by atoms with Gasteiger partial charge in [-0.25, -0.2) is 0 Å². The van der Waals surface area contributed by atoms with E-state index in [1.807, 2.05) is 5.57 Å². The van der Waals surface area contributed by atoms with Gasteiger partial charge in [0.1, 0.15) is 0 Å². The highest BCUT2D eigenvalue weighted by molar-refractivity contribution is 14.1. The van der Waals surface area contributed by atoms with Crippen molar-refractivity contribution < 1.29 is 0 Å². The summed E-state index contributed by atoms with van der Waals surface area (Å²) in [4.78, 5) is 0. The lowest BCUT2D eigenvalue weighted by Gasteiger charge is -2.54. The maximum absolute atomic E-state index is 4.38. The fourth-order valence-electron chi connectivity index (χ4n) is 7.37. The predicted octanol–water partition coefficient (Wildman–Crippen LogP) is 7.63. The molecule has 4 unspecified atom stereocenters. The number of halogens is 1. The van der Waals surface area contributed by atoms with Crippen LogP contribution in [-0.4, -0.2) is 0 Å². The third-order valence-corrected chi connectivity index (χ3v) is 9.04. The Hall–Kier alpha value is -0.310. The summed E-state index contributed by atoms with van der Waals surface area (Å²) in [6.07, 6.45) is 17.2. The third-order valence-electron chi connectivity index (χ3n) is 8.29. The van der Waals surface area contributed by atoms with Gasteiger partial charge >= 0.3 is 0 Å². The Morgan fingerprint density at radius 2 is 2.00 bits per heavy atom. The number of hydrogen-bond acceptors (Lipinski definition) is 0. The molecule has 6 atom stereocenters. The maximum Gasteiger partial charge on any atom is -0.00113 e. The molecule has 0 heterocycles. The fourth-order valence-corrected chi connectivity index (χ4v) is 8.30. The summed E-state index contributed by atoms with van der Waals surface area (Å²) in [5, 5.41) is 0. The molecule has 0 aliphatic heterocycles. The topological polar surface area (TPSA) is 0 Å². The fraction of sp³-hybridized carbons (Fsp3) is 0.667. The van der Waals surface area contributed by atoms with Crippen molar-refractivity contribution in [2.75, 3.05) is 0 Å². The van der Waals surface area contributed by atoms with Crippen molar-refractivity contribution in [2.45, 2.75) is 65.7 Å². The van der Waals surface area contributed by atoms with E-state index in [0.717, 1.165) is 23.7 Å². The summed E-state index contributed by atoms with van der Waals surface area (Å²) in [5.74, 6) is 4.19. The van der Waals surface area contributed by atoms with Crippen molar-refractivity contribution in [1.82, 2.24) is 0 Å². The quantitative estimate of drug-likeness (QED) is 0.381. The minimum Gasteiger partial charge on any atom is -0.0894 e. The van der Waals surface area contributed by atoms with Gasteiger partial charge in [-0.1, -0.05) is 48.5 Å². The summed E-state index contributed by atoms with van der Waals surface area (Å²) < 4.78 is 1.43. The Balaban J connectivity index is 1.71. The van der Waals surface area contributed by atoms with Gasteiger partial charge in [0, 0.05) is 0 Å². The lowest BCUT2D eigenvalue weighted by molar-refractivity contribution is -0.00107. The molecule has 0 amide bonds. The molecule has 0 bridgehead atoms. The second kappa shape index (κ2) is 6.69. The minimum absolute atomic E-state index is 0.563. The highest BCUT2D eigenvalue weighted by atomic mass is 127. The van der Waals surface area contributed by atoms with E-state index in [4.69, 9.17) is 0 Å². The van der Waals surface area contributed by atoms with E-state index in [2.05, 4.69) is 68.2 Å². The lowest BCUT2D eigenvalue weighted by atomic mass is 9.51. The van der Waals surface area contributed by atoms with Gasteiger partial charge in [-0.2, -0.15) is 0 Å². The zero-order chi connectivity index (χ0) is 17.8. The average molecular weight is 448 g/mol. The van der Waals surface area contributed by atoms with Gasteiger partial charge in [0.25, 0.3) is 0 Å². The molecule has 0 aromatic rings. The smallest absolute Gasteiger partial charge is 0.00113 e. The normalized spacial score (nSPS) is 43.0. The Labute approximate surface area is 168 Å². The van der Waals surface area contributed by atoms with Crippen LogP contribution in [0.4, 0.5) is 0 Å². The summed E-state index contributed by atoms with van der Waals surface area (Å²) in [6, 6.07) is 0. The first-order valence-electron chi connectivity index (χ1n) is 10.4. The van der Waals surface area contributed by atoms with Gasteiger partial charge in [0.2, 0.25) is 0 Å². The molecule has 0 spiro atoms. The molecule has 136 valence electrons. The molecular weight excluding hydrogens is 415 g/mol. The summed E-state index contributed by atoms with van der Waals surface area (Å²) in [7, 11) is 0. The molecule has 3 fully saturated rings. The first kappa shape index (κ1) is 18.1. The molecule has 3 saturated carbocycles. The van der Waals surface area contributed by atoms with Gasteiger partial charge in [-0.3, -0.25) is 0 Å². The first-order chi connectivity index (χ1) is 12.0. The van der Waals surface area contributed by atoms with Crippen LogP contribution in [-0.2, 0) is 0 Å². The lowest BCUT2D eigenvalue weighted by Crippen LogP contribution is -2.46. The van der Waals surface area contributed by atoms with Crippen molar-refractivity contribution in [3.05, 3.63) is 45.1 Å². The van der Waals surface area contributed by atoms with Crippen LogP contribution < -0.4 is 0 Å². The van der Waals surface area contributed by atoms with E-state index in [9.17, 15) is 0 Å². The molecule has 0 saturated heterocycles. The van der Waals surface area contributed by atoms with Gasteiger partial charge in [-0.05, 0) is 120 Å². The number of rotatable bonds is 2. The molecule has 4 aliphatic rings. The second-order valence-electron chi connectivity index (χ2n) is 9.15. The Morgan fingerprint density at radius 3 is 2.72 bits per heavy atom. The Bertz CT molecular complexity index is 664. The van der Waals surface area contributed by atoms with Crippen LogP contribution in [0, 0.1) is 35.0 Å². The maximum atomic E-state index is 4.38.